The molecule has 0 spiro atoms. The van der Waals surface area contributed by atoms with Crippen molar-refractivity contribution in [1.82, 2.24) is 0 Å². The zero-order chi connectivity index (χ0) is 9.45. The van der Waals surface area contributed by atoms with Crippen molar-refractivity contribution in [3.63, 3.8) is 0 Å². The Morgan fingerprint density at radius 3 is 1.42 bits per heavy atom. The standard InChI is InChI=1S/C7H6O4Si/c1-5-9-12(8-4,10-6-2)11-7-3/h1-3H,4H3. The Bertz CT molecular complexity index is 213. The maximum absolute atomic E-state index is 4.84. The van der Waals surface area contributed by atoms with E-state index in [4.69, 9.17) is 23.7 Å². The quantitative estimate of drug-likeness (QED) is 0.449. The van der Waals surface area contributed by atoms with Crippen LogP contribution in [-0.4, -0.2) is 16.2 Å². The molecule has 0 radical (unpaired) electrons. The summed E-state index contributed by atoms with van der Waals surface area (Å²) >= 11 is 0. The van der Waals surface area contributed by atoms with E-state index in [1.807, 2.05) is 18.3 Å². The molecular weight excluding hydrogens is 176 g/mol. The Morgan fingerprint density at radius 2 is 1.25 bits per heavy atom. The molecule has 0 aliphatic rings. The molecule has 0 aromatic carbocycles. The van der Waals surface area contributed by atoms with Gasteiger partial charge in [-0.15, -0.1) is 0 Å². The first-order valence-corrected chi connectivity index (χ1v) is 4.34. The zero-order valence-electron chi connectivity index (χ0n) is 6.37. The highest BCUT2D eigenvalue weighted by atomic mass is 28.4. The van der Waals surface area contributed by atoms with Crippen molar-refractivity contribution in [1.29, 1.82) is 0 Å². The van der Waals surface area contributed by atoms with Gasteiger partial charge in [0.05, 0.1) is 18.3 Å². The van der Waals surface area contributed by atoms with Gasteiger partial charge in [0.25, 0.3) is 0 Å². The summed E-state index contributed by atoms with van der Waals surface area (Å²) in [4.78, 5) is 0. The number of terminal acetylenes is 3. The molecule has 0 unspecified atom stereocenters. The van der Waals surface area contributed by atoms with Gasteiger partial charge in [0.1, 0.15) is 0 Å². The molecule has 0 atom stereocenters. The highest BCUT2D eigenvalue weighted by Gasteiger charge is 2.53. The van der Waals surface area contributed by atoms with E-state index in [9.17, 15) is 0 Å². The average Bonchev–Trinajstić information content (AvgIpc) is 2.06. The van der Waals surface area contributed by atoms with Gasteiger partial charge < -0.3 is 17.7 Å². The molecule has 0 amide bonds. The minimum atomic E-state index is -3.48. The second kappa shape index (κ2) is 4.98. The minimum Gasteiger partial charge on any atom is -0.409 e. The molecule has 4 nitrogen and oxygen atoms in total. The molecule has 5 heteroatoms. The van der Waals surface area contributed by atoms with Crippen molar-refractivity contribution in [2.75, 3.05) is 7.11 Å². The van der Waals surface area contributed by atoms with E-state index in [1.54, 1.807) is 0 Å². The van der Waals surface area contributed by atoms with Crippen molar-refractivity contribution in [3.8, 4) is 37.6 Å². The lowest BCUT2D eigenvalue weighted by atomic mass is 11.3. The Balaban J connectivity index is 4.45. The third kappa shape index (κ3) is 2.47. The van der Waals surface area contributed by atoms with Gasteiger partial charge in [-0.2, -0.15) is 0 Å². The largest absolute Gasteiger partial charge is 0.919 e. The van der Waals surface area contributed by atoms with Crippen molar-refractivity contribution in [3.05, 3.63) is 0 Å². The fourth-order valence-corrected chi connectivity index (χ4v) is 1.21. The molecule has 0 rings (SSSR count). The van der Waals surface area contributed by atoms with E-state index in [0.717, 1.165) is 0 Å². The van der Waals surface area contributed by atoms with Gasteiger partial charge in [0.15, 0.2) is 0 Å². The highest BCUT2D eigenvalue weighted by Crippen LogP contribution is 2.07. The van der Waals surface area contributed by atoms with Crippen LogP contribution in [0.5, 0.6) is 0 Å². The van der Waals surface area contributed by atoms with Crippen molar-refractivity contribution >= 4 is 9.05 Å². The second-order valence-corrected chi connectivity index (χ2v) is 3.38. The summed E-state index contributed by atoms with van der Waals surface area (Å²) < 4.78 is 18.4. The molecule has 0 aliphatic carbocycles. The predicted molar refractivity (Wildman–Crippen MR) is 42.5 cm³/mol. The summed E-state index contributed by atoms with van der Waals surface area (Å²) in [6, 6.07) is 0. The van der Waals surface area contributed by atoms with Gasteiger partial charge >= 0.3 is 9.05 Å². The van der Waals surface area contributed by atoms with Crippen LogP contribution in [0, 0.1) is 37.6 Å². The monoisotopic (exact) mass is 182 g/mol. The van der Waals surface area contributed by atoms with Crippen molar-refractivity contribution in [2.24, 2.45) is 0 Å². The zero-order valence-corrected chi connectivity index (χ0v) is 7.37. The van der Waals surface area contributed by atoms with Gasteiger partial charge in [-0.3, -0.25) is 0 Å². The molecule has 0 N–H and O–H groups in total. The van der Waals surface area contributed by atoms with Crippen LogP contribution < -0.4 is 0 Å². The van der Waals surface area contributed by atoms with Gasteiger partial charge in [-0.1, -0.05) is 19.3 Å². The fraction of sp³-hybridized carbons (Fsp3) is 0.143. The molecule has 0 fully saturated rings. The van der Waals surface area contributed by atoms with Crippen LogP contribution in [-0.2, 0) is 17.7 Å². The lowest BCUT2D eigenvalue weighted by Crippen LogP contribution is -2.44. The minimum absolute atomic E-state index is 1.26. The van der Waals surface area contributed by atoms with Gasteiger partial charge in [-0.25, -0.2) is 0 Å². The van der Waals surface area contributed by atoms with Crippen LogP contribution in [0.25, 0.3) is 0 Å². The third-order valence-corrected chi connectivity index (χ3v) is 2.41. The fourth-order valence-electron chi connectivity index (χ4n) is 0.404. The van der Waals surface area contributed by atoms with Gasteiger partial charge in [-0.05, 0) is 0 Å². The van der Waals surface area contributed by atoms with E-state index >= 15 is 0 Å². The normalized spacial score (nSPS) is 8.50. The van der Waals surface area contributed by atoms with E-state index in [0.29, 0.717) is 0 Å². The molecular formula is C7H6O4Si. The molecule has 62 valence electrons. The Hall–Kier alpha value is -1.74. The molecule has 0 heterocycles. The second-order valence-electron chi connectivity index (χ2n) is 1.36. The molecule has 12 heavy (non-hydrogen) atoms. The van der Waals surface area contributed by atoms with Crippen LogP contribution in [0.4, 0.5) is 0 Å². The average molecular weight is 182 g/mol. The van der Waals surface area contributed by atoms with Crippen LogP contribution in [0.3, 0.4) is 0 Å². The van der Waals surface area contributed by atoms with Crippen molar-refractivity contribution < 1.29 is 17.7 Å². The summed E-state index contributed by atoms with van der Waals surface area (Å²) in [7, 11) is -2.22. The third-order valence-electron chi connectivity index (χ3n) is 0.802. The summed E-state index contributed by atoms with van der Waals surface area (Å²) in [5, 5.41) is 0. The number of rotatable bonds is 4. The summed E-state index contributed by atoms with van der Waals surface area (Å²) in [6.07, 6.45) is 20.0. The van der Waals surface area contributed by atoms with Crippen LogP contribution >= 0.6 is 0 Å². The molecule has 0 aliphatic heterocycles. The lowest BCUT2D eigenvalue weighted by Gasteiger charge is -2.16. The van der Waals surface area contributed by atoms with E-state index in [-0.39, 0.29) is 0 Å². The number of hydrogen-bond acceptors (Lipinski definition) is 4. The van der Waals surface area contributed by atoms with Gasteiger partial charge in [0.2, 0.25) is 0 Å². The summed E-state index contributed by atoms with van der Waals surface area (Å²) in [6.45, 7) is 0. The smallest absolute Gasteiger partial charge is 0.409 e. The van der Waals surface area contributed by atoms with E-state index in [2.05, 4.69) is 13.3 Å². The SMILES string of the molecule is C#CO[Si](OC)(OC#C)OC#C. The summed E-state index contributed by atoms with van der Waals surface area (Å²) in [5.74, 6) is 0. The molecule has 0 aromatic heterocycles. The lowest BCUT2D eigenvalue weighted by molar-refractivity contribution is 0.0831. The highest BCUT2D eigenvalue weighted by molar-refractivity contribution is 6.54. The van der Waals surface area contributed by atoms with E-state index in [1.165, 1.54) is 7.11 Å². The van der Waals surface area contributed by atoms with Gasteiger partial charge in [0, 0.05) is 7.11 Å². The molecule has 0 saturated heterocycles. The first-order chi connectivity index (χ1) is 5.74. The Morgan fingerprint density at radius 1 is 0.917 bits per heavy atom. The summed E-state index contributed by atoms with van der Waals surface area (Å²) in [5.41, 5.74) is 0. The van der Waals surface area contributed by atoms with E-state index < -0.39 is 9.05 Å². The maximum Gasteiger partial charge on any atom is 0.919 e. The predicted octanol–water partition coefficient (Wildman–Crippen LogP) is -0.110. The van der Waals surface area contributed by atoms with Crippen LogP contribution in [0.15, 0.2) is 0 Å². The first kappa shape index (κ1) is 10.3. The Labute approximate surface area is 72.3 Å². The Kier molecular flexibility index (Phi) is 4.26. The van der Waals surface area contributed by atoms with Crippen LogP contribution in [0.2, 0.25) is 0 Å². The first-order valence-electron chi connectivity index (χ1n) is 2.70. The van der Waals surface area contributed by atoms with Crippen LogP contribution in [0.1, 0.15) is 0 Å². The molecule has 0 saturated carbocycles. The molecule has 0 aromatic rings. The molecule has 0 bridgehead atoms. The van der Waals surface area contributed by atoms with Crippen molar-refractivity contribution in [2.45, 2.75) is 0 Å². The number of hydrogen-bond donors (Lipinski definition) is 0. The maximum atomic E-state index is 4.84. The topological polar surface area (TPSA) is 36.9 Å².